The Balaban J connectivity index is 2.65. The molecule has 2 atom stereocenters. The highest BCUT2D eigenvalue weighted by Crippen LogP contribution is 2.29. The van der Waals surface area contributed by atoms with Gasteiger partial charge in [-0.15, -0.1) is 0 Å². The second-order valence-corrected chi connectivity index (χ2v) is 8.98. The molecule has 0 aliphatic carbocycles. The van der Waals surface area contributed by atoms with Crippen LogP contribution in [0.4, 0.5) is 4.79 Å². The predicted molar refractivity (Wildman–Crippen MR) is 97.6 cm³/mol. The molecule has 1 fully saturated rings. The van der Waals surface area contributed by atoms with E-state index in [-0.39, 0.29) is 24.6 Å². The summed E-state index contributed by atoms with van der Waals surface area (Å²) in [4.78, 5) is 35.0. The summed E-state index contributed by atoms with van der Waals surface area (Å²) in [5.74, 6) is -1.38. The number of carbonyl (C=O) groups is 3. The largest absolute Gasteiger partial charge is 0.512 e. The first-order chi connectivity index (χ1) is 13.0. The minimum Gasteiger partial charge on any atom is -0.422 e. The summed E-state index contributed by atoms with van der Waals surface area (Å²) in [6.45, 7) is 6.11. The number of unbranched alkanes of at least 4 members (excludes halogenated alkanes) is 1. The van der Waals surface area contributed by atoms with E-state index >= 15 is 0 Å². The number of hydrogen-bond donors (Lipinski definition) is 1. The van der Waals surface area contributed by atoms with E-state index in [0.717, 1.165) is 6.42 Å². The van der Waals surface area contributed by atoms with Crippen molar-refractivity contribution in [2.45, 2.75) is 65.8 Å². The van der Waals surface area contributed by atoms with Crippen molar-refractivity contribution in [2.75, 3.05) is 18.9 Å². The summed E-state index contributed by atoms with van der Waals surface area (Å²) in [7, 11) is -3.89. The molecule has 11 heteroatoms. The minimum absolute atomic E-state index is 0.176. The highest BCUT2D eigenvalue weighted by molar-refractivity contribution is 7.86. The molecular weight excluding hydrogens is 394 g/mol. The molecule has 28 heavy (non-hydrogen) atoms. The van der Waals surface area contributed by atoms with Crippen LogP contribution < -0.4 is 5.32 Å². The Morgan fingerprint density at radius 3 is 2.46 bits per heavy atom. The van der Waals surface area contributed by atoms with Crippen molar-refractivity contribution in [1.29, 1.82) is 0 Å². The Morgan fingerprint density at radius 1 is 1.18 bits per heavy atom. The Morgan fingerprint density at radius 2 is 1.86 bits per heavy atom. The van der Waals surface area contributed by atoms with Crippen LogP contribution in [0.15, 0.2) is 0 Å². The molecule has 1 aliphatic rings. The molecule has 1 unspecified atom stereocenters. The van der Waals surface area contributed by atoms with Crippen LogP contribution in [0.1, 0.15) is 53.4 Å². The molecular formula is C17H29NO9S. The van der Waals surface area contributed by atoms with E-state index < -0.39 is 46.7 Å². The first-order valence-corrected chi connectivity index (χ1v) is 10.7. The third kappa shape index (κ3) is 8.42. The SMILES string of the molecule is CCCCC1OC(=O)O[C@H](C(C)(C)COS(=O)(=O)CCCNC(C)=O)C(=O)O1. The Hall–Kier alpha value is -1.88. The van der Waals surface area contributed by atoms with E-state index in [1.54, 1.807) is 0 Å². The van der Waals surface area contributed by atoms with Crippen molar-refractivity contribution < 1.29 is 41.2 Å². The van der Waals surface area contributed by atoms with Gasteiger partial charge in [-0.1, -0.05) is 27.2 Å². The van der Waals surface area contributed by atoms with Gasteiger partial charge in [0.05, 0.1) is 12.4 Å². The van der Waals surface area contributed by atoms with E-state index in [0.29, 0.717) is 12.8 Å². The molecule has 0 radical (unpaired) electrons. The fourth-order valence-corrected chi connectivity index (χ4v) is 3.45. The molecule has 10 nitrogen and oxygen atoms in total. The second-order valence-electron chi connectivity index (χ2n) is 7.22. The van der Waals surface area contributed by atoms with Crippen LogP contribution in [-0.4, -0.2) is 57.7 Å². The van der Waals surface area contributed by atoms with Gasteiger partial charge in [0.15, 0.2) is 0 Å². The Kier molecular flexibility index (Phi) is 9.15. The molecule has 1 amide bonds. The van der Waals surface area contributed by atoms with E-state index in [1.165, 1.54) is 20.8 Å². The van der Waals surface area contributed by atoms with Gasteiger partial charge in [0.2, 0.25) is 12.0 Å². The normalized spacial score (nSPS) is 20.6. The minimum atomic E-state index is -3.89. The van der Waals surface area contributed by atoms with Crippen LogP contribution in [0.3, 0.4) is 0 Å². The van der Waals surface area contributed by atoms with Crippen molar-refractivity contribution in [3.05, 3.63) is 0 Å². The first kappa shape index (κ1) is 24.2. The van der Waals surface area contributed by atoms with Gasteiger partial charge in [-0.05, 0) is 12.8 Å². The summed E-state index contributed by atoms with van der Waals surface area (Å²) in [5.41, 5.74) is -1.18. The van der Waals surface area contributed by atoms with Gasteiger partial charge in [0.25, 0.3) is 16.4 Å². The van der Waals surface area contributed by atoms with E-state index in [9.17, 15) is 22.8 Å². The lowest BCUT2D eigenvalue weighted by Crippen LogP contribution is -2.43. The molecule has 1 saturated heterocycles. The monoisotopic (exact) mass is 423 g/mol. The van der Waals surface area contributed by atoms with E-state index in [1.807, 2.05) is 6.92 Å². The maximum absolute atomic E-state index is 12.4. The fraction of sp³-hybridized carbons (Fsp3) is 0.824. The third-order valence-corrected chi connectivity index (χ3v) is 5.23. The Bertz CT molecular complexity index is 660. The highest BCUT2D eigenvalue weighted by Gasteiger charge is 2.45. The lowest BCUT2D eigenvalue weighted by Gasteiger charge is -2.29. The number of nitrogens with one attached hydrogen (secondary N) is 1. The molecule has 0 aromatic carbocycles. The molecule has 1 aliphatic heterocycles. The summed E-state index contributed by atoms with van der Waals surface area (Å²) < 4.78 is 44.1. The molecule has 0 aromatic heterocycles. The standard InChI is InChI=1S/C17H29NO9S/c1-5-6-8-13-25-15(20)14(27-16(21)26-13)17(3,4)11-24-28(22,23)10-7-9-18-12(2)19/h13-14H,5-11H2,1-4H3,(H,18,19)/t13?,14-/m0/s1. The molecule has 162 valence electrons. The van der Waals surface area contributed by atoms with Crippen molar-refractivity contribution in [3.63, 3.8) is 0 Å². The number of ether oxygens (including phenoxy) is 3. The maximum Gasteiger partial charge on any atom is 0.512 e. The van der Waals surface area contributed by atoms with Gasteiger partial charge in [-0.3, -0.25) is 8.98 Å². The summed E-state index contributed by atoms with van der Waals surface area (Å²) in [5, 5.41) is 2.49. The Labute approximate surface area is 165 Å². The average Bonchev–Trinajstić information content (AvgIpc) is 2.74. The molecule has 1 heterocycles. The van der Waals surface area contributed by atoms with Crippen molar-refractivity contribution in [1.82, 2.24) is 5.32 Å². The number of hydrogen-bond acceptors (Lipinski definition) is 9. The molecule has 1 rings (SSSR count). The molecule has 0 aromatic rings. The number of carbonyl (C=O) groups excluding carboxylic acids is 3. The van der Waals surface area contributed by atoms with E-state index in [2.05, 4.69) is 5.32 Å². The summed E-state index contributed by atoms with van der Waals surface area (Å²) in [6.07, 6.45) is -1.41. The first-order valence-electron chi connectivity index (χ1n) is 9.16. The summed E-state index contributed by atoms with van der Waals surface area (Å²) in [6, 6.07) is 0. The van der Waals surface area contributed by atoms with Gasteiger partial charge in [0, 0.05) is 25.3 Å². The van der Waals surface area contributed by atoms with Gasteiger partial charge in [0.1, 0.15) is 0 Å². The number of rotatable bonds is 11. The molecule has 0 bridgehead atoms. The third-order valence-electron chi connectivity index (χ3n) is 3.96. The van der Waals surface area contributed by atoms with Crippen LogP contribution >= 0.6 is 0 Å². The molecule has 1 N–H and O–H groups in total. The average molecular weight is 423 g/mol. The van der Waals surface area contributed by atoms with Crippen LogP contribution in [0.2, 0.25) is 0 Å². The predicted octanol–water partition coefficient (Wildman–Crippen LogP) is 1.48. The zero-order valence-electron chi connectivity index (χ0n) is 16.7. The van der Waals surface area contributed by atoms with Crippen molar-refractivity contribution >= 4 is 28.1 Å². The van der Waals surface area contributed by atoms with E-state index in [4.69, 9.17) is 18.4 Å². The fourth-order valence-electron chi connectivity index (χ4n) is 2.35. The van der Waals surface area contributed by atoms with Crippen LogP contribution in [0, 0.1) is 5.41 Å². The number of esters is 1. The van der Waals surface area contributed by atoms with Crippen molar-refractivity contribution in [2.24, 2.45) is 5.41 Å². The van der Waals surface area contributed by atoms with Crippen molar-refractivity contribution in [3.8, 4) is 0 Å². The maximum atomic E-state index is 12.4. The van der Waals surface area contributed by atoms with Crippen LogP contribution in [-0.2, 0) is 38.1 Å². The lowest BCUT2D eigenvalue weighted by molar-refractivity contribution is -0.171. The van der Waals surface area contributed by atoms with Gasteiger partial charge in [-0.25, -0.2) is 9.59 Å². The quantitative estimate of drug-likeness (QED) is 0.298. The summed E-state index contributed by atoms with van der Waals surface area (Å²) >= 11 is 0. The smallest absolute Gasteiger partial charge is 0.422 e. The number of amides is 1. The van der Waals surface area contributed by atoms with Gasteiger partial charge in [-0.2, -0.15) is 8.42 Å². The lowest BCUT2D eigenvalue weighted by atomic mass is 9.87. The van der Waals surface area contributed by atoms with Gasteiger partial charge < -0.3 is 19.5 Å². The van der Waals surface area contributed by atoms with Gasteiger partial charge >= 0.3 is 12.1 Å². The van der Waals surface area contributed by atoms with Crippen LogP contribution in [0.5, 0.6) is 0 Å². The molecule has 0 spiro atoms. The highest BCUT2D eigenvalue weighted by atomic mass is 32.2. The molecule has 0 saturated carbocycles. The zero-order chi connectivity index (χ0) is 21.4. The number of cyclic esters (lactones) is 3. The second kappa shape index (κ2) is 10.6. The van der Waals surface area contributed by atoms with Crippen LogP contribution in [0.25, 0.3) is 0 Å². The topological polar surface area (TPSA) is 134 Å². The zero-order valence-corrected chi connectivity index (χ0v) is 17.5.